The first-order valence-electron chi connectivity index (χ1n) is 11.0. The molecular formula is C25H28ClN5O3. The zero-order valence-electron chi connectivity index (χ0n) is 19.8. The van der Waals surface area contributed by atoms with Crippen LogP contribution in [0.4, 0.5) is 16.2 Å². The van der Waals surface area contributed by atoms with Crippen molar-refractivity contribution in [2.45, 2.75) is 13.0 Å². The first-order chi connectivity index (χ1) is 16.3. The standard InChI is InChI=1S/C25H28ClN5O3/c1-29(2)25(33)30(3)24-17-7-5-6-8-19(17)27-20-11-12-31(14-18(20)24)15-23(32)28-21-13-16(26)9-10-22(21)34-4/h5-10,13H,11-12,14-15H2,1-4H3,(H,28,32). The summed E-state index contributed by atoms with van der Waals surface area (Å²) in [7, 11) is 6.79. The minimum absolute atomic E-state index is 0.124. The van der Waals surface area contributed by atoms with Crippen LogP contribution >= 0.6 is 11.6 Å². The topological polar surface area (TPSA) is 78.0 Å². The first-order valence-corrected chi connectivity index (χ1v) is 11.4. The summed E-state index contributed by atoms with van der Waals surface area (Å²) in [5.41, 5.74) is 4.15. The fourth-order valence-electron chi connectivity index (χ4n) is 4.31. The van der Waals surface area contributed by atoms with Crippen LogP contribution in [0.2, 0.25) is 5.02 Å². The Kier molecular flexibility index (Phi) is 6.90. The highest BCUT2D eigenvalue weighted by atomic mass is 35.5. The maximum absolute atomic E-state index is 12.9. The summed E-state index contributed by atoms with van der Waals surface area (Å²) in [5.74, 6) is 0.376. The highest BCUT2D eigenvalue weighted by molar-refractivity contribution is 6.31. The van der Waals surface area contributed by atoms with Crippen LogP contribution in [-0.2, 0) is 17.8 Å². The van der Waals surface area contributed by atoms with Crippen molar-refractivity contribution in [3.8, 4) is 5.75 Å². The van der Waals surface area contributed by atoms with Gasteiger partial charge in [-0.15, -0.1) is 0 Å². The Morgan fingerprint density at radius 2 is 1.94 bits per heavy atom. The Labute approximate surface area is 204 Å². The van der Waals surface area contributed by atoms with Crippen molar-refractivity contribution in [2.75, 3.05) is 51.6 Å². The molecule has 178 valence electrons. The number of ether oxygens (including phenoxy) is 1. The monoisotopic (exact) mass is 481 g/mol. The molecule has 3 aromatic rings. The van der Waals surface area contributed by atoms with E-state index in [4.69, 9.17) is 21.3 Å². The van der Waals surface area contributed by atoms with E-state index in [-0.39, 0.29) is 18.5 Å². The van der Waals surface area contributed by atoms with Crippen molar-refractivity contribution < 1.29 is 14.3 Å². The Morgan fingerprint density at radius 3 is 2.68 bits per heavy atom. The van der Waals surface area contributed by atoms with Crippen molar-refractivity contribution in [3.05, 3.63) is 58.7 Å². The molecule has 1 aromatic heterocycles. The number of fused-ring (bicyclic) bond motifs is 2. The summed E-state index contributed by atoms with van der Waals surface area (Å²) in [4.78, 5) is 35.9. The van der Waals surface area contributed by atoms with Crippen molar-refractivity contribution in [2.24, 2.45) is 0 Å². The maximum atomic E-state index is 12.9. The third kappa shape index (κ3) is 4.78. The minimum Gasteiger partial charge on any atom is -0.495 e. The van der Waals surface area contributed by atoms with Crippen LogP contribution in [-0.4, -0.2) is 68.1 Å². The number of methoxy groups -OCH3 is 1. The van der Waals surface area contributed by atoms with Gasteiger partial charge in [0.05, 0.1) is 30.5 Å². The molecule has 34 heavy (non-hydrogen) atoms. The van der Waals surface area contributed by atoms with Gasteiger partial charge in [-0.25, -0.2) is 4.79 Å². The third-order valence-corrected chi connectivity index (χ3v) is 6.14. The fraction of sp³-hybridized carbons (Fsp3) is 0.320. The number of urea groups is 1. The summed E-state index contributed by atoms with van der Waals surface area (Å²) in [6, 6.07) is 12.8. The van der Waals surface area contributed by atoms with Gasteiger partial charge in [-0.2, -0.15) is 0 Å². The zero-order valence-corrected chi connectivity index (χ0v) is 20.5. The van der Waals surface area contributed by atoms with E-state index in [2.05, 4.69) is 10.2 Å². The van der Waals surface area contributed by atoms with E-state index in [9.17, 15) is 9.59 Å². The molecule has 0 saturated carbocycles. The van der Waals surface area contributed by atoms with Gasteiger partial charge in [0.2, 0.25) is 5.91 Å². The molecule has 1 aliphatic rings. The number of rotatable bonds is 5. The van der Waals surface area contributed by atoms with Crippen LogP contribution in [0.15, 0.2) is 42.5 Å². The lowest BCUT2D eigenvalue weighted by Gasteiger charge is -2.33. The zero-order chi connectivity index (χ0) is 24.4. The second kappa shape index (κ2) is 9.87. The van der Waals surface area contributed by atoms with E-state index in [0.717, 1.165) is 27.8 Å². The Balaban J connectivity index is 1.61. The Bertz CT molecular complexity index is 1250. The molecule has 2 heterocycles. The fourth-order valence-corrected chi connectivity index (χ4v) is 4.48. The van der Waals surface area contributed by atoms with Crippen LogP contribution < -0.4 is 15.0 Å². The number of nitrogens with one attached hydrogen (secondary N) is 1. The van der Waals surface area contributed by atoms with Crippen LogP contribution in [0.5, 0.6) is 5.75 Å². The Hall–Kier alpha value is -3.36. The number of nitrogens with zero attached hydrogens (tertiary/aromatic N) is 4. The molecule has 0 unspecified atom stereocenters. The molecule has 0 spiro atoms. The summed E-state index contributed by atoms with van der Waals surface area (Å²) in [5, 5.41) is 4.32. The van der Waals surface area contributed by atoms with Crippen molar-refractivity contribution in [1.29, 1.82) is 0 Å². The van der Waals surface area contributed by atoms with E-state index in [1.165, 1.54) is 0 Å². The number of aromatic nitrogens is 1. The third-order valence-electron chi connectivity index (χ3n) is 5.90. The predicted octanol–water partition coefficient (Wildman–Crippen LogP) is 4.01. The second-order valence-electron chi connectivity index (χ2n) is 8.49. The average Bonchev–Trinajstić information content (AvgIpc) is 2.81. The number of anilines is 2. The Morgan fingerprint density at radius 1 is 1.18 bits per heavy atom. The molecule has 0 atom stereocenters. The molecule has 1 aliphatic heterocycles. The molecule has 0 radical (unpaired) electrons. The summed E-state index contributed by atoms with van der Waals surface area (Å²) < 4.78 is 5.33. The lowest BCUT2D eigenvalue weighted by Crippen LogP contribution is -2.40. The average molecular weight is 482 g/mol. The van der Waals surface area contributed by atoms with Crippen LogP contribution in [0, 0.1) is 0 Å². The molecule has 8 nitrogen and oxygen atoms in total. The SMILES string of the molecule is COc1ccc(Cl)cc1NC(=O)CN1CCc2nc3ccccc3c(N(C)C(=O)N(C)C)c2C1. The van der Waals surface area contributed by atoms with Crippen molar-refractivity contribution >= 4 is 45.8 Å². The van der Waals surface area contributed by atoms with Gasteiger partial charge < -0.3 is 15.0 Å². The van der Waals surface area contributed by atoms with Crippen molar-refractivity contribution in [3.63, 3.8) is 0 Å². The van der Waals surface area contributed by atoms with Gasteiger partial charge in [0, 0.05) is 62.3 Å². The summed E-state index contributed by atoms with van der Waals surface area (Å²) in [6.45, 7) is 1.38. The molecule has 4 rings (SSSR count). The number of hydrogen-bond acceptors (Lipinski definition) is 5. The smallest absolute Gasteiger partial charge is 0.323 e. The van der Waals surface area contributed by atoms with Crippen LogP contribution in [0.3, 0.4) is 0 Å². The summed E-state index contributed by atoms with van der Waals surface area (Å²) in [6.07, 6.45) is 0.685. The molecule has 0 bridgehead atoms. The molecule has 0 saturated heterocycles. The number of pyridine rings is 1. The van der Waals surface area contributed by atoms with E-state index < -0.39 is 0 Å². The van der Waals surface area contributed by atoms with Gasteiger partial charge in [0.15, 0.2) is 0 Å². The van der Waals surface area contributed by atoms with Gasteiger partial charge in [-0.05, 0) is 24.3 Å². The maximum Gasteiger partial charge on any atom is 0.323 e. The van der Waals surface area contributed by atoms with E-state index in [1.54, 1.807) is 56.3 Å². The molecular weight excluding hydrogens is 454 g/mol. The number of halogens is 1. The van der Waals surface area contributed by atoms with Gasteiger partial charge in [-0.1, -0.05) is 29.8 Å². The van der Waals surface area contributed by atoms with Gasteiger partial charge in [-0.3, -0.25) is 19.6 Å². The molecule has 1 N–H and O–H groups in total. The predicted molar refractivity (Wildman–Crippen MR) is 135 cm³/mol. The number of amides is 3. The van der Waals surface area contributed by atoms with Gasteiger partial charge in [0.1, 0.15) is 5.75 Å². The minimum atomic E-state index is -0.169. The normalized spacial score (nSPS) is 13.3. The highest BCUT2D eigenvalue weighted by Crippen LogP contribution is 2.35. The van der Waals surface area contributed by atoms with E-state index >= 15 is 0 Å². The van der Waals surface area contributed by atoms with E-state index in [1.807, 2.05) is 24.3 Å². The second-order valence-corrected chi connectivity index (χ2v) is 8.93. The number of hydrogen-bond donors (Lipinski definition) is 1. The molecule has 9 heteroatoms. The van der Waals surface area contributed by atoms with Gasteiger partial charge >= 0.3 is 6.03 Å². The largest absolute Gasteiger partial charge is 0.495 e. The first kappa shape index (κ1) is 23.8. The lowest BCUT2D eigenvalue weighted by molar-refractivity contribution is -0.117. The number of carbonyl (C=O) groups excluding carboxylic acids is 2. The lowest BCUT2D eigenvalue weighted by atomic mass is 9.99. The van der Waals surface area contributed by atoms with E-state index in [0.29, 0.717) is 36.0 Å². The van der Waals surface area contributed by atoms with Crippen LogP contribution in [0.25, 0.3) is 10.9 Å². The van der Waals surface area contributed by atoms with Gasteiger partial charge in [0.25, 0.3) is 0 Å². The quantitative estimate of drug-likeness (QED) is 0.595. The number of carbonyl (C=O) groups is 2. The molecule has 3 amide bonds. The number of benzene rings is 2. The molecule has 0 aliphatic carbocycles. The highest BCUT2D eigenvalue weighted by Gasteiger charge is 2.28. The molecule has 2 aromatic carbocycles. The molecule has 0 fully saturated rings. The van der Waals surface area contributed by atoms with Crippen molar-refractivity contribution in [1.82, 2.24) is 14.8 Å². The summed E-state index contributed by atoms with van der Waals surface area (Å²) >= 11 is 6.09. The number of para-hydroxylation sites is 1. The van der Waals surface area contributed by atoms with Crippen LogP contribution in [0.1, 0.15) is 11.3 Å².